The van der Waals surface area contributed by atoms with Gasteiger partial charge in [-0.25, -0.2) is 4.98 Å². The van der Waals surface area contributed by atoms with Gasteiger partial charge < -0.3 is 16.0 Å². The number of imidazole rings is 1. The van der Waals surface area contributed by atoms with Gasteiger partial charge in [-0.3, -0.25) is 9.59 Å². The minimum absolute atomic E-state index is 0.0421. The van der Waals surface area contributed by atoms with Crippen molar-refractivity contribution in [1.29, 1.82) is 0 Å². The fourth-order valence-electron chi connectivity index (χ4n) is 2.87. The van der Waals surface area contributed by atoms with Crippen LogP contribution in [0.2, 0.25) is 0 Å². The third kappa shape index (κ3) is 2.89. The van der Waals surface area contributed by atoms with Crippen molar-refractivity contribution in [3.05, 3.63) is 30.1 Å². The number of nitrogens with zero attached hydrogens (tertiary/aromatic N) is 1. The molecule has 1 aromatic carbocycles. The van der Waals surface area contributed by atoms with Gasteiger partial charge in [0.15, 0.2) is 0 Å². The number of carbonyl (C=O) groups excluding carboxylic acids is 2. The molecule has 6 heteroatoms. The second-order valence-electron chi connectivity index (χ2n) is 5.56. The van der Waals surface area contributed by atoms with E-state index in [1.54, 1.807) is 18.5 Å². The number of aromatic nitrogens is 2. The van der Waals surface area contributed by atoms with Gasteiger partial charge in [0, 0.05) is 17.5 Å². The molecule has 1 aromatic heterocycles. The highest BCUT2D eigenvalue weighted by molar-refractivity contribution is 5.97. The summed E-state index contributed by atoms with van der Waals surface area (Å²) in [7, 11) is 0. The summed E-state index contributed by atoms with van der Waals surface area (Å²) in [5, 5.41) is 3.03. The summed E-state index contributed by atoms with van der Waals surface area (Å²) >= 11 is 0. The highest BCUT2D eigenvalue weighted by Gasteiger charge is 2.25. The molecule has 0 spiro atoms. The second kappa shape index (κ2) is 5.55. The maximum Gasteiger partial charge on any atom is 0.251 e. The van der Waals surface area contributed by atoms with Crippen LogP contribution in [0, 0.1) is 5.92 Å². The number of fused-ring (bicyclic) bond motifs is 1. The van der Waals surface area contributed by atoms with Crippen LogP contribution in [0.5, 0.6) is 0 Å². The van der Waals surface area contributed by atoms with Gasteiger partial charge in [0.05, 0.1) is 17.4 Å². The van der Waals surface area contributed by atoms with E-state index < -0.39 is 0 Å². The Morgan fingerprint density at radius 1 is 1.24 bits per heavy atom. The number of rotatable bonds is 3. The van der Waals surface area contributed by atoms with Crippen LogP contribution in [0.4, 0.5) is 0 Å². The van der Waals surface area contributed by atoms with Crippen LogP contribution in [0.25, 0.3) is 11.0 Å². The zero-order chi connectivity index (χ0) is 14.8. The van der Waals surface area contributed by atoms with Gasteiger partial charge in [0.25, 0.3) is 5.91 Å². The molecule has 1 heterocycles. The van der Waals surface area contributed by atoms with E-state index >= 15 is 0 Å². The molecule has 2 aromatic rings. The molecule has 0 unspecified atom stereocenters. The van der Waals surface area contributed by atoms with Crippen LogP contribution in [-0.2, 0) is 4.79 Å². The van der Waals surface area contributed by atoms with E-state index in [1.165, 1.54) is 0 Å². The number of H-pyrrole nitrogens is 1. The molecule has 0 saturated heterocycles. The Morgan fingerprint density at radius 2 is 2.00 bits per heavy atom. The van der Waals surface area contributed by atoms with Gasteiger partial charge in [0.2, 0.25) is 5.91 Å². The fraction of sp³-hybridized carbons (Fsp3) is 0.400. The van der Waals surface area contributed by atoms with E-state index in [2.05, 4.69) is 15.3 Å². The van der Waals surface area contributed by atoms with E-state index in [4.69, 9.17) is 5.73 Å². The Morgan fingerprint density at radius 3 is 2.71 bits per heavy atom. The quantitative estimate of drug-likeness (QED) is 0.793. The van der Waals surface area contributed by atoms with Crippen molar-refractivity contribution in [2.75, 3.05) is 0 Å². The summed E-state index contributed by atoms with van der Waals surface area (Å²) in [6.45, 7) is 0. The second-order valence-corrected chi connectivity index (χ2v) is 5.56. The largest absolute Gasteiger partial charge is 0.369 e. The zero-order valence-electron chi connectivity index (χ0n) is 11.6. The van der Waals surface area contributed by atoms with Crippen molar-refractivity contribution in [3.8, 4) is 0 Å². The molecule has 1 fully saturated rings. The minimum Gasteiger partial charge on any atom is -0.369 e. The molecule has 1 aliphatic carbocycles. The summed E-state index contributed by atoms with van der Waals surface area (Å²) < 4.78 is 0. The predicted octanol–water partition coefficient (Wildman–Crippen LogP) is 1.34. The smallest absolute Gasteiger partial charge is 0.251 e. The molecule has 0 bridgehead atoms. The molecule has 0 aliphatic heterocycles. The third-order valence-corrected chi connectivity index (χ3v) is 4.15. The average Bonchev–Trinajstić information content (AvgIpc) is 2.95. The standard InChI is InChI=1S/C15H18N4O2/c16-14(20)9-1-4-11(5-2-9)19-15(21)10-3-6-12-13(7-10)18-8-17-12/h3,6-9,11H,1-2,4-5H2,(H2,16,20)(H,17,18)(H,19,21). The lowest BCUT2D eigenvalue weighted by Crippen LogP contribution is -2.39. The first kappa shape index (κ1) is 13.6. The number of nitrogens with one attached hydrogen (secondary N) is 2. The number of hydrogen-bond donors (Lipinski definition) is 3. The minimum atomic E-state index is -0.232. The maximum absolute atomic E-state index is 12.3. The molecule has 3 rings (SSSR count). The van der Waals surface area contributed by atoms with E-state index in [1.807, 2.05) is 6.07 Å². The molecule has 0 radical (unpaired) electrons. The Kier molecular flexibility index (Phi) is 3.60. The highest BCUT2D eigenvalue weighted by Crippen LogP contribution is 2.24. The normalized spacial score (nSPS) is 22.1. The molecule has 6 nitrogen and oxygen atoms in total. The van der Waals surface area contributed by atoms with Gasteiger partial charge in [0.1, 0.15) is 0 Å². The Balaban J connectivity index is 1.62. The Labute approximate surface area is 122 Å². The Bertz CT molecular complexity index is 671. The SMILES string of the molecule is NC(=O)C1CCC(NC(=O)c2ccc3nc[nH]c3c2)CC1. The van der Waals surface area contributed by atoms with Gasteiger partial charge in [-0.1, -0.05) is 0 Å². The van der Waals surface area contributed by atoms with Crippen LogP contribution in [0.1, 0.15) is 36.0 Å². The molecule has 1 aliphatic rings. The van der Waals surface area contributed by atoms with Gasteiger partial charge in [-0.05, 0) is 43.9 Å². The van der Waals surface area contributed by atoms with Crippen LogP contribution >= 0.6 is 0 Å². The molecule has 21 heavy (non-hydrogen) atoms. The van der Waals surface area contributed by atoms with Gasteiger partial charge in [-0.2, -0.15) is 0 Å². The summed E-state index contributed by atoms with van der Waals surface area (Å²) in [6.07, 6.45) is 4.70. The van der Waals surface area contributed by atoms with Gasteiger partial charge >= 0.3 is 0 Å². The molecule has 110 valence electrons. The first-order valence-corrected chi connectivity index (χ1v) is 7.17. The summed E-state index contributed by atoms with van der Waals surface area (Å²) in [4.78, 5) is 30.5. The van der Waals surface area contributed by atoms with Crippen LogP contribution in [0.3, 0.4) is 0 Å². The van der Waals surface area contributed by atoms with E-state index in [-0.39, 0.29) is 23.8 Å². The monoisotopic (exact) mass is 286 g/mol. The summed E-state index contributed by atoms with van der Waals surface area (Å²) in [5.74, 6) is -0.363. The van der Waals surface area contributed by atoms with Crippen LogP contribution in [0.15, 0.2) is 24.5 Å². The van der Waals surface area contributed by atoms with E-state index in [9.17, 15) is 9.59 Å². The number of hydrogen-bond acceptors (Lipinski definition) is 3. The van der Waals surface area contributed by atoms with E-state index in [0.717, 1.165) is 36.7 Å². The predicted molar refractivity (Wildman–Crippen MR) is 78.5 cm³/mol. The van der Waals surface area contributed by atoms with Crippen molar-refractivity contribution in [1.82, 2.24) is 15.3 Å². The number of benzene rings is 1. The van der Waals surface area contributed by atoms with Crippen molar-refractivity contribution < 1.29 is 9.59 Å². The molecular weight excluding hydrogens is 268 g/mol. The molecule has 0 atom stereocenters. The van der Waals surface area contributed by atoms with Crippen molar-refractivity contribution in [2.24, 2.45) is 11.7 Å². The summed E-state index contributed by atoms with van der Waals surface area (Å²) in [5.41, 5.74) is 7.62. The maximum atomic E-state index is 12.3. The molecule has 2 amide bonds. The first-order valence-electron chi connectivity index (χ1n) is 7.17. The Hall–Kier alpha value is -2.37. The first-order chi connectivity index (χ1) is 10.1. The number of carbonyl (C=O) groups is 2. The van der Waals surface area contributed by atoms with Crippen molar-refractivity contribution >= 4 is 22.8 Å². The number of nitrogens with two attached hydrogens (primary N) is 1. The van der Waals surface area contributed by atoms with Crippen molar-refractivity contribution in [3.63, 3.8) is 0 Å². The fourth-order valence-corrected chi connectivity index (χ4v) is 2.87. The summed E-state index contributed by atoms with van der Waals surface area (Å²) in [6, 6.07) is 5.51. The van der Waals surface area contributed by atoms with Crippen molar-refractivity contribution in [2.45, 2.75) is 31.7 Å². The lowest BCUT2D eigenvalue weighted by Gasteiger charge is -2.27. The average molecular weight is 286 g/mol. The lowest BCUT2D eigenvalue weighted by atomic mass is 9.85. The number of amides is 2. The molecular formula is C15H18N4O2. The topological polar surface area (TPSA) is 101 Å². The lowest BCUT2D eigenvalue weighted by molar-refractivity contribution is -0.122. The van der Waals surface area contributed by atoms with E-state index in [0.29, 0.717) is 5.56 Å². The molecule has 4 N–H and O–H groups in total. The van der Waals surface area contributed by atoms with Crippen LogP contribution < -0.4 is 11.1 Å². The van der Waals surface area contributed by atoms with Gasteiger partial charge in [-0.15, -0.1) is 0 Å². The highest BCUT2D eigenvalue weighted by atomic mass is 16.2. The zero-order valence-corrected chi connectivity index (χ0v) is 11.6. The van der Waals surface area contributed by atoms with Crippen LogP contribution in [-0.4, -0.2) is 27.8 Å². The number of aromatic amines is 1. The number of primary amides is 1. The third-order valence-electron chi connectivity index (χ3n) is 4.15. The molecule has 1 saturated carbocycles.